The molecular formula is C15H38. The summed E-state index contributed by atoms with van der Waals surface area (Å²) >= 11 is 0. The van der Waals surface area contributed by atoms with Crippen LogP contribution in [0.1, 0.15) is 88.5 Å². The third-order valence-corrected chi connectivity index (χ3v) is 1.61. The van der Waals surface area contributed by atoms with Gasteiger partial charge in [0.05, 0.1) is 0 Å². The standard InChI is InChI=1S/C6H12.C3H8.3C2H6/c1-5-3-6(2)4-5;1-3-2;3*1-2/h5-6H,3-4H2,1-2H3;3H2,1-2H3;3*1-2H3. The van der Waals surface area contributed by atoms with Crippen LogP contribution in [0.25, 0.3) is 0 Å². The number of rotatable bonds is 0. The molecule has 0 aliphatic heterocycles. The van der Waals surface area contributed by atoms with Gasteiger partial charge < -0.3 is 0 Å². The SMILES string of the molecule is CC.CC.CC.CC1CC(C)C1.CCC. The molecule has 1 rings (SSSR count). The van der Waals surface area contributed by atoms with Gasteiger partial charge in [0, 0.05) is 0 Å². The Morgan fingerprint density at radius 2 is 0.800 bits per heavy atom. The summed E-state index contributed by atoms with van der Waals surface area (Å²) in [5.41, 5.74) is 0. The third kappa shape index (κ3) is 31.5. The van der Waals surface area contributed by atoms with Gasteiger partial charge in [-0.05, 0) is 24.7 Å². The molecule has 1 aliphatic carbocycles. The monoisotopic (exact) mass is 218 g/mol. The molecule has 1 saturated carbocycles. The summed E-state index contributed by atoms with van der Waals surface area (Å²) in [6, 6.07) is 0. The lowest BCUT2D eigenvalue weighted by Gasteiger charge is -2.28. The largest absolute Gasteiger partial charge is 0.0683 e. The average Bonchev–Trinajstić information content (AvgIpc) is 2.26. The second-order valence-electron chi connectivity index (χ2n) is 3.39. The van der Waals surface area contributed by atoms with Crippen LogP contribution >= 0.6 is 0 Å². The zero-order valence-electron chi connectivity index (χ0n) is 13.3. The van der Waals surface area contributed by atoms with E-state index in [9.17, 15) is 0 Å². The van der Waals surface area contributed by atoms with E-state index in [0.717, 1.165) is 11.8 Å². The normalized spacial score (nSPS) is 20.4. The van der Waals surface area contributed by atoms with Crippen LogP contribution in [0, 0.1) is 11.8 Å². The van der Waals surface area contributed by atoms with E-state index < -0.39 is 0 Å². The molecule has 0 unspecified atom stereocenters. The predicted octanol–water partition coefficient (Wildman–Crippen LogP) is 6.55. The molecule has 1 aliphatic rings. The summed E-state index contributed by atoms with van der Waals surface area (Å²) in [5, 5.41) is 0. The summed E-state index contributed by atoms with van der Waals surface area (Å²) in [7, 11) is 0. The molecule has 0 heterocycles. The molecule has 0 radical (unpaired) electrons. The van der Waals surface area contributed by atoms with Gasteiger partial charge in [0.15, 0.2) is 0 Å². The van der Waals surface area contributed by atoms with E-state index in [-0.39, 0.29) is 0 Å². The fourth-order valence-corrected chi connectivity index (χ4v) is 1.30. The van der Waals surface area contributed by atoms with E-state index >= 15 is 0 Å². The van der Waals surface area contributed by atoms with Crippen molar-refractivity contribution in [2.24, 2.45) is 11.8 Å². The molecule has 0 aromatic heterocycles. The molecule has 1 fully saturated rings. The van der Waals surface area contributed by atoms with Crippen LogP contribution in [-0.4, -0.2) is 0 Å². The molecule has 0 atom stereocenters. The molecule has 0 spiro atoms. The first-order valence-corrected chi connectivity index (χ1v) is 7.20. The van der Waals surface area contributed by atoms with Crippen molar-refractivity contribution < 1.29 is 0 Å². The van der Waals surface area contributed by atoms with Crippen LogP contribution in [0.15, 0.2) is 0 Å². The molecular weight excluding hydrogens is 180 g/mol. The van der Waals surface area contributed by atoms with Gasteiger partial charge in [-0.15, -0.1) is 0 Å². The minimum absolute atomic E-state index is 1.04. The maximum absolute atomic E-state index is 2.32. The summed E-state index contributed by atoms with van der Waals surface area (Å²) in [5.74, 6) is 2.08. The predicted molar refractivity (Wildman–Crippen MR) is 77.6 cm³/mol. The quantitative estimate of drug-likeness (QED) is 0.432. The van der Waals surface area contributed by atoms with Crippen molar-refractivity contribution >= 4 is 0 Å². The Morgan fingerprint density at radius 1 is 0.667 bits per heavy atom. The first kappa shape index (κ1) is 24.3. The van der Waals surface area contributed by atoms with E-state index in [2.05, 4.69) is 27.7 Å². The Hall–Kier alpha value is 0. The van der Waals surface area contributed by atoms with Crippen molar-refractivity contribution in [3.05, 3.63) is 0 Å². The molecule has 98 valence electrons. The highest BCUT2D eigenvalue weighted by atomic mass is 14.2. The van der Waals surface area contributed by atoms with Gasteiger partial charge in [0.2, 0.25) is 0 Å². The van der Waals surface area contributed by atoms with E-state index in [0.29, 0.717) is 0 Å². The summed E-state index contributed by atoms with van der Waals surface area (Å²) in [4.78, 5) is 0. The van der Waals surface area contributed by atoms with Gasteiger partial charge >= 0.3 is 0 Å². The third-order valence-electron chi connectivity index (χ3n) is 1.61. The second kappa shape index (κ2) is 29.2. The zero-order chi connectivity index (χ0) is 13.3. The maximum atomic E-state index is 2.32. The molecule has 0 amide bonds. The van der Waals surface area contributed by atoms with Gasteiger partial charge in [-0.2, -0.15) is 0 Å². The van der Waals surface area contributed by atoms with Crippen molar-refractivity contribution in [1.82, 2.24) is 0 Å². The lowest BCUT2D eigenvalue weighted by atomic mass is 9.78. The Labute approximate surface area is 101 Å². The summed E-state index contributed by atoms with van der Waals surface area (Å²) in [6.07, 6.45) is 4.19. The summed E-state index contributed by atoms with van der Waals surface area (Å²) < 4.78 is 0. The van der Waals surface area contributed by atoms with Crippen molar-refractivity contribution in [3.63, 3.8) is 0 Å². The lowest BCUT2D eigenvalue weighted by molar-refractivity contribution is 0.233. The molecule has 0 bridgehead atoms. The number of hydrogen-bond donors (Lipinski definition) is 0. The molecule has 0 N–H and O–H groups in total. The second-order valence-corrected chi connectivity index (χ2v) is 3.39. The fraction of sp³-hybridized carbons (Fsp3) is 1.00. The van der Waals surface area contributed by atoms with Gasteiger partial charge in [-0.25, -0.2) is 0 Å². The highest BCUT2D eigenvalue weighted by Crippen LogP contribution is 2.31. The highest BCUT2D eigenvalue weighted by Gasteiger charge is 2.19. The van der Waals surface area contributed by atoms with Crippen LogP contribution < -0.4 is 0 Å². The molecule has 15 heavy (non-hydrogen) atoms. The smallest absolute Gasteiger partial charge is 0.0438 e. The van der Waals surface area contributed by atoms with Crippen molar-refractivity contribution in [2.75, 3.05) is 0 Å². The molecule has 0 nitrogen and oxygen atoms in total. The van der Waals surface area contributed by atoms with Crippen LogP contribution in [0.2, 0.25) is 0 Å². The van der Waals surface area contributed by atoms with Gasteiger partial charge in [-0.1, -0.05) is 75.7 Å². The van der Waals surface area contributed by atoms with E-state index in [1.165, 1.54) is 19.3 Å². The summed E-state index contributed by atoms with van der Waals surface area (Å²) in [6.45, 7) is 20.9. The lowest BCUT2D eigenvalue weighted by Crippen LogP contribution is -2.16. The molecule has 0 heteroatoms. The van der Waals surface area contributed by atoms with Crippen LogP contribution in [-0.2, 0) is 0 Å². The van der Waals surface area contributed by atoms with E-state index in [1.54, 1.807) is 0 Å². The molecule has 0 aromatic rings. The molecule has 0 saturated heterocycles. The van der Waals surface area contributed by atoms with Crippen LogP contribution in [0.3, 0.4) is 0 Å². The minimum atomic E-state index is 1.04. The van der Waals surface area contributed by atoms with Crippen molar-refractivity contribution in [2.45, 2.75) is 88.5 Å². The van der Waals surface area contributed by atoms with Crippen LogP contribution in [0.4, 0.5) is 0 Å². The average molecular weight is 218 g/mol. The van der Waals surface area contributed by atoms with E-state index in [1.807, 2.05) is 41.5 Å². The Balaban J connectivity index is -0.0000000585. The first-order chi connectivity index (χ1) is 7.20. The van der Waals surface area contributed by atoms with Gasteiger partial charge in [0.25, 0.3) is 0 Å². The van der Waals surface area contributed by atoms with Gasteiger partial charge in [0.1, 0.15) is 0 Å². The topological polar surface area (TPSA) is 0 Å². The van der Waals surface area contributed by atoms with E-state index in [4.69, 9.17) is 0 Å². The highest BCUT2D eigenvalue weighted by molar-refractivity contribution is 4.71. The Kier molecular flexibility index (Phi) is 47.3. The van der Waals surface area contributed by atoms with Crippen LogP contribution in [0.5, 0.6) is 0 Å². The number of hydrogen-bond acceptors (Lipinski definition) is 0. The maximum Gasteiger partial charge on any atom is -0.0438 e. The molecule has 0 aromatic carbocycles. The van der Waals surface area contributed by atoms with Gasteiger partial charge in [-0.3, -0.25) is 0 Å². The Morgan fingerprint density at radius 3 is 0.800 bits per heavy atom. The zero-order valence-corrected chi connectivity index (χ0v) is 13.3. The minimum Gasteiger partial charge on any atom is -0.0683 e. The van der Waals surface area contributed by atoms with Crippen molar-refractivity contribution in [1.29, 1.82) is 0 Å². The Bertz CT molecular complexity index is 45.1. The fourth-order valence-electron chi connectivity index (χ4n) is 1.30. The van der Waals surface area contributed by atoms with Crippen molar-refractivity contribution in [3.8, 4) is 0 Å². The first-order valence-electron chi connectivity index (χ1n) is 7.20.